The summed E-state index contributed by atoms with van der Waals surface area (Å²) in [6.45, 7) is 5.80. The van der Waals surface area contributed by atoms with E-state index in [-0.39, 0.29) is 53.4 Å². The van der Waals surface area contributed by atoms with Gasteiger partial charge < -0.3 is 52.1 Å². The van der Waals surface area contributed by atoms with Gasteiger partial charge in [0.25, 0.3) is 5.91 Å². The minimum Gasteiger partial charge on any atom is -0.507 e. The zero-order chi connectivity index (χ0) is 48.0. The van der Waals surface area contributed by atoms with Gasteiger partial charge in [0.05, 0.1) is 12.6 Å². The number of unbranched alkanes of at least 4 members (excludes halogenated alkanes) is 4. The Morgan fingerprint density at radius 3 is 2.12 bits per heavy atom. The molecule has 6 atom stereocenters. The van der Waals surface area contributed by atoms with Crippen LogP contribution in [-0.4, -0.2) is 124 Å². The van der Waals surface area contributed by atoms with Crippen molar-refractivity contribution in [3.63, 3.8) is 0 Å². The third-order valence-corrected chi connectivity index (χ3v) is 11.8. The molecule has 3 aromatic carbocycles. The van der Waals surface area contributed by atoms with Gasteiger partial charge in [-0.25, -0.2) is 0 Å². The third-order valence-electron chi connectivity index (χ3n) is 11.8. The Hall–Kier alpha value is -6.33. The van der Waals surface area contributed by atoms with E-state index in [2.05, 4.69) is 28.2 Å². The maximum Gasteiger partial charge on any atom is 0.254 e. The molecule has 2 unspecified atom stereocenters. The summed E-state index contributed by atoms with van der Waals surface area (Å²) in [6, 6.07) is 8.24. The minimum absolute atomic E-state index is 0.0575. The van der Waals surface area contributed by atoms with E-state index < -0.39 is 78.3 Å². The summed E-state index contributed by atoms with van der Waals surface area (Å²) in [5, 5.41) is 42.7. The molecular weight excluding hydrogens is 835 g/mol. The minimum atomic E-state index is -1.47. The highest BCUT2D eigenvalue weighted by molar-refractivity contribution is 5.99. The molecule has 6 amide bonds. The topological polar surface area (TPSA) is 261 Å². The maximum atomic E-state index is 14.5. The number of carbonyl (C=O) groups excluding carboxylic acids is 7. The van der Waals surface area contributed by atoms with E-state index in [9.17, 15) is 48.9 Å². The summed E-state index contributed by atoms with van der Waals surface area (Å²) < 4.78 is 0. The molecule has 1 aliphatic heterocycles. The number of nitrogens with zero attached hydrogens (tertiary/aromatic N) is 2. The van der Waals surface area contributed by atoms with Crippen LogP contribution < -0.4 is 27.0 Å². The number of fused-ring (bicyclic) bond motifs is 5. The van der Waals surface area contributed by atoms with Crippen molar-refractivity contribution in [2.24, 2.45) is 5.73 Å². The summed E-state index contributed by atoms with van der Waals surface area (Å²) in [5.41, 5.74) is 8.19. The van der Waals surface area contributed by atoms with E-state index in [1.165, 1.54) is 59.1 Å². The molecule has 0 saturated carbocycles. The molecule has 0 fully saturated rings. The predicted octanol–water partition coefficient (Wildman–Crippen LogP) is 2.77. The Morgan fingerprint density at radius 2 is 1.49 bits per heavy atom. The van der Waals surface area contributed by atoms with E-state index in [1.807, 2.05) is 12.1 Å². The number of Topliss-reactive ketones (excluding diaryl/α,β-unsaturated/α-hetero) is 1. The second kappa shape index (κ2) is 24.1. The predicted molar refractivity (Wildman–Crippen MR) is 244 cm³/mol. The van der Waals surface area contributed by atoms with Crippen LogP contribution in [0.5, 0.6) is 11.5 Å². The van der Waals surface area contributed by atoms with Crippen LogP contribution in [-0.2, 0) is 41.6 Å². The number of amides is 6. The second-order valence-electron chi connectivity index (χ2n) is 16.8. The maximum absolute atomic E-state index is 14.5. The summed E-state index contributed by atoms with van der Waals surface area (Å²) in [4.78, 5) is 97.7. The normalized spacial score (nSPS) is 17.6. The fourth-order valence-corrected chi connectivity index (χ4v) is 7.69. The van der Waals surface area contributed by atoms with Gasteiger partial charge in [-0.3, -0.25) is 33.6 Å². The van der Waals surface area contributed by atoms with Crippen LogP contribution in [0.1, 0.15) is 106 Å². The number of aromatic hydroxyl groups is 2. The molecule has 0 saturated heterocycles. The van der Waals surface area contributed by atoms with Crippen molar-refractivity contribution >= 4 is 41.2 Å². The Kier molecular flexibility index (Phi) is 19.0. The number of aliphatic hydroxyl groups excluding tert-OH is 1. The quantitative estimate of drug-likeness (QED) is 0.0812. The van der Waals surface area contributed by atoms with E-state index in [4.69, 9.17) is 5.73 Å². The van der Waals surface area contributed by atoms with Crippen molar-refractivity contribution in [2.45, 2.75) is 122 Å². The smallest absolute Gasteiger partial charge is 0.254 e. The third kappa shape index (κ3) is 13.6. The van der Waals surface area contributed by atoms with Crippen molar-refractivity contribution in [1.82, 2.24) is 31.1 Å². The van der Waals surface area contributed by atoms with Gasteiger partial charge in [0, 0.05) is 30.8 Å². The lowest BCUT2D eigenvalue weighted by atomic mass is 9.93. The van der Waals surface area contributed by atoms with Crippen molar-refractivity contribution in [3.8, 4) is 22.6 Å². The molecule has 65 heavy (non-hydrogen) atoms. The molecule has 1 aliphatic rings. The van der Waals surface area contributed by atoms with Gasteiger partial charge in [0.1, 0.15) is 41.7 Å². The molecule has 17 nitrogen and oxygen atoms in total. The van der Waals surface area contributed by atoms with Gasteiger partial charge in [-0.05, 0) is 119 Å². The number of hydrogen-bond acceptors (Lipinski definition) is 11. The number of phenols is 2. The van der Waals surface area contributed by atoms with Crippen LogP contribution in [0, 0.1) is 0 Å². The first-order chi connectivity index (χ1) is 30.9. The highest BCUT2D eigenvalue weighted by atomic mass is 16.3. The molecule has 17 heteroatoms. The summed E-state index contributed by atoms with van der Waals surface area (Å²) in [7, 11) is 2.71. The van der Waals surface area contributed by atoms with Gasteiger partial charge in [0.15, 0.2) is 5.78 Å². The number of rotatable bonds is 19. The number of ketones is 1. The number of aliphatic hydroxyl groups is 1. The van der Waals surface area contributed by atoms with Crippen LogP contribution in [0.3, 0.4) is 0 Å². The second-order valence-corrected chi connectivity index (χ2v) is 16.8. The average molecular weight is 900 g/mol. The van der Waals surface area contributed by atoms with E-state index in [0.717, 1.165) is 47.5 Å². The molecule has 4 rings (SSSR count). The monoisotopic (exact) mass is 899 g/mol. The molecule has 9 N–H and O–H groups in total. The average Bonchev–Trinajstić information content (AvgIpc) is 3.27. The Balaban J connectivity index is 1.58. The molecule has 3 aromatic rings. The Morgan fingerprint density at radius 1 is 0.831 bits per heavy atom. The van der Waals surface area contributed by atoms with Crippen LogP contribution in [0.15, 0.2) is 60.7 Å². The van der Waals surface area contributed by atoms with Crippen LogP contribution in [0.2, 0.25) is 0 Å². The number of aryl methyl sites for hydroxylation is 1. The first kappa shape index (κ1) is 51.3. The van der Waals surface area contributed by atoms with E-state index >= 15 is 0 Å². The summed E-state index contributed by atoms with van der Waals surface area (Å²) in [5.74, 6) is -5.14. The lowest BCUT2D eigenvalue weighted by molar-refractivity contribution is -0.143. The fourth-order valence-electron chi connectivity index (χ4n) is 7.69. The van der Waals surface area contributed by atoms with Crippen LogP contribution >= 0.6 is 0 Å². The largest absolute Gasteiger partial charge is 0.507 e. The summed E-state index contributed by atoms with van der Waals surface area (Å²) >= 11 is 0. The molecule has 352 valence electrons. The number of benzene rings is 3. The first-order valence-electron chi connectivity index (χ1n) is 22.2. The molecular formula is C48H65N7O10. The molecule has 0 spiro atoms. The molecule has 0 aliphatic carbocycles. The van der Waals surface area contributed by atoms with Gasteiger partial charge in [-0.1, -0.05) is 50.5 Å². The highest BCUT2D eigenvalue weighted by Crippen LogP contribution is 2.39. The Labute approximate surface area is 380 Å². The van der Waals surface area contributed by atoms with Gasteiger partial charge in [-0.2, -0.15) is 0 Å². The summed E-state index contributed by atoms with van der Waals surface area (Å²) in [6.07, 6.45) is 6.30. The number of carbonyl (C=O) groups is 7. The van der Waals surface area contributed by atoms with Crippen molar-refractivity contribution in [1.29, 1.82) is 0 Å². The van der Waals surface area contributed by atoms with Gasteiger partial charge in [-0.15, -0.1) is 0 Å². The van der Waals surface area contributed by atoms with Crippen LogP contribution in [0.4, 0.5) is 0 Å². The fraction of sp³-hybridized carbons (Fsp3) is 0.479. The van der Waals surface area contributed by atoms with Crippen molar-refractivity contribution < 1.29 is 48.9 Å². The molecule has 1 heterocycles. The molecule has 0 radical (unpaired) electrons. The zero-order valence-corrected chi connectivity index (χ0v) is 38.2. The van der Waals surface area contributed by atoms with E-state index in [0.29, 0.717) is 24.0 Å². The zero-order valence-electron chi connectivity index (χ0n) is 38.2. The van der Waals surface area contributed by atoms with Crippen molar-refractivity contribution in [2.75, 3.05) is 27.2 Å². The number of likely N-dealkylation sites (N-methyl/N-ethyl adjacent to an activating group) is 2. The van der Waals surface area contributed by atoms with Crippen molar-refractivity contribution in [3.05, 3.63) is 82.9 Å². The SMILES string of the molecule is CCCCCCc1ccc(C(=O)N(C)C(CO)C(=O)N[C@H](C)C(=O)N[C@@H](CCCCN)C(=O)N(C)[C@@H]2C(=O)N[C@@H](C)C(=O)NC(C(C)=O)Cc3ccc(O)c(c3)-c3cc2ccc3O)cc1. The lowest BCUT2D eigenvalue weighted by Crippen LogP contribution is -2.57. The van der Waals surface area contributed by atoms with Gasteiger partial charge in [0.2, 0.25) is 29.5 Å². The number of nitrogens with one attached hydrogen (secondary N) is 4. The molecule has 4 bridgehead atoms. The highest BCUT2D eigenvalue weighted by Gasteiger charge is 2.37. The lowest BCUT2D eigenvalue weighted by Gasteiger charge is -2.33. The van der Waals surface area contributed by atoms with E-state index in [1.54, 1.807) is 24.3 Å². The number of phenolic OH excluding ortho intramolecular Hbond substituents is 2. The number of hydrogen-bond donors (Lipinski definition) is 8. The van der Waals surface area contributed by atoms with Gasteiger partial charge >= 0.3 is 0 Å². The molecule has 0 aromatic heterocycles. The number of nitrogens with two attached hydrogens (primary N) is 1. The Bertz CT molecular complexity index is 2180. The first-order valence-corrected chi connectivity index (χ1v) is 22.2. The standard InChI is InChI=1S/C48H65N7O10/c1-7-8-9-10-13-31-15-18-33(19-16-31)47(64)54(5)39(27-56)45(62)50-28(2)43(60)52-37(14-11-12-23-49)48(65)55(6)42-34-20-22-41(59)36(26-34)35-24-32(17-21-40(35)58)25-38(30(4)57)53-44(61)29(3)51-46(42)63/h15-22,24,26,28-29,37-39,42,56,58-59H,7-14,23,25,27,49H2,1-6H3,(H,50,62)(H,51,63)(H,52,60)(H,53,61)/t28-,29+,37+,38?,39?,42+/m1/s1. The van der Waals surface area contributed by atoms with Crippen LogP contribution in [0.25, 0.3) is 11.1 Å².